The first kappa shape index (κ1) is 21.8. The molecule has 1 heterocycles. The lowest BCUT2D eigenvalue weighted by Gasteiger charge is -2.14. The molecule has 0 aliphatic rings. The maximum absolute atomic E-state index is 12.1. The van der Waals surface area contributed by atoms with Crippen LogP contribution in [0.25, 0.3) is 0 Å². The van der Waals surface area contributed by atoms with Gasteiger partial charge >= 0.3 is 5.97 Å². The normalized spacial score (nSPS) is 10.5. The molecule has 1 aromatic heterocycles. The van der Waals surface area contributed by atoms with Crippen LogP contribution in [-0.4, -0.2) is 41.5 Å². The number of methoxy groups -OCH3 is 2. The fourth-order valence-electron chi connectivity index (χ4n) is 2.58. The molecule has 0 bridgehead atoms. The minimum Gasteiger partial charge on any atom is -0.497 e. The molecule has 156 valence electrons. The molecule has 0 aliphatic heterocycles. The molecule has 0 amide bonds. The first-order chi connectivity index (χ1) is 14.5. The van der Waals surface area contributed by atoms with Crippen molar-refractivity contribution in [2.75, 3.05) is 25.8 Å². The third-order valence-electron chi connectivity index (χ3n) is 4.14. The molecule has 0 aliphatic carbocycles. The quantitative estimate of drug-likeness (QED) is 0.271. The van der Waals surface area contributed by atoms with Gasteiger partial charge in [0.05, 0.1) is 14.2 Å². The third-order valence-corrected chi connectivity index (χ3v) is 5.73. The van der Waals surface area contributed by atoms with Crippen LogP contribution < -0.4 is 14.8 Å². The van der Waals surface area contributed by atoms with E-state index in [1.807, 2.05) is 30.5 Å². The van der Waals surface area contributed by atoms with Gasteiger partial charge in [-0.25, -0.2) is 14.8 Å². The highest BCUT2D eigenvalue weighted by molar-refractivity contribution is 7.99. The average molecular weight is 444 g/mol. The topological polar surface area (TPSA) is 93.6 Å². The molecule has 0 saturated carbocycles. The highest BCUT2D eigenvalue weighted by Crippen LogP contribution is 2.32. The predicted molar refractivity (Wildman–Crippen MR) is 120 cm³/mol. The Labute approximate surface area is 183 Å². The minimum atomic E-state index is -1.09. The summed E-state index contributed by atoms with van der Waals surface area (Å²) < 4.78 is 10.3. The van der Waals surface area contributed by atoms with Crippen LogP contribution in [0.15, 0.2) is 58.7 Å². The number of aromatic carboxylic acids is 1. The summed E-state index contributed by atoms with van der Waals surface area (Å²) in [4.78, 5) is 20.9. The van der Waals surface area contributed by atoms with Gasteiger partial charge in [0, 0.05) is 11.4 Å². The van der Waals surface area contributed by atoms with E-state index in [4.69, 9.17) is 9.47 Å². The molecule has 3 aromatic rings. The molecular formula is C21H21N3O4S2. The number of nitrogens with one attached hydrogen (secondary N) is 1. The summed E-state index contributed by atoms with van der Waals surface area (Å²) in [5, 5.41) is 13.9. The highest BCUT2D eigenvalue weighted by Gasteiger charge is 2.21. The number of carboxylic acids is 1. The second kappa shape index (κ2) is 10.2. The molecule has 0 spiro atoms. The van der Waals surface area contributed by atoms with Gasteiger partial charge in [0.15, 0.2) is 11.0 Å². The fourth-order valence-corrected chi connectivity index (χ4v) is 3.98. The van der Waals surface area contributed by atoms with Crippen LogP contribution in [0.3, 0.4) is 0 Å². The van der Waals surface area contributed by atoms with E-state index in [0.717, 1.165) is 11.3 Å². The van der Waals surface area contributed by atoms with E-state index in [0.29, 0.717) is 27.4 Å². The van der Waals surface area contributed by atoms with Crippen molar-refractivity contribution in [1.82, 2.24) is 9.97 Å². The van der Waals surface area contributed by atoms with Crippen molar-refractivity contribution >= 4 is 41.0 Å². The van der Waals surface area contributed by atoms with Crippen LogP contribution in [-0.2, 0) is 5.75 Å². The molecule has 30 heavy (non-hydrogen) atoms. The van der Waals surface area contributed by atoms with E-state index in [2.05, 4.69) is 15.3 Å². The smallest absolute Gasteiger partial charge is 0.342 e. The van der Waals surface area contributed by atoms with Crippen molar-refractivity contribution in [2.45, 2.75) is 15.9 Å². The maximum atomic E-state index is 12.1. The molecule has 0 radical (unpaired) electrons. The number of hydrogen-bond acceptors (Lipinski definition) is 8. The van der Waals surface area contributed by atoms with Gasteiger partial charge in [0.25, 0.3) is 0 Å². The van der Waals surface area contributed by atoms with Crippen LogP contribution >= 0.6 is 23.5 Å². The number of benzene rings is 2. The van der Waals surface area contributed by atoms with Gasteiger partial charge in [0.2, 0.25) is 0 Å². The Kier molecular flexibility index (Phi) is 7.42. The van der Waals surface area contributed by atoms with Crippen LogP contribution in [0.4, 0.5) is 11.5 Å². The summed E-state index contributed by atoms with van der Waals surface area (Å²) in [6, 6.07) is 14.8. The van der Waals surface area contributed by atoms with Crippen molar-refractivity contribution in [3.8, 4) is 11.5 Å². The van der Waals surface area contributed by atoms with Gasteiger partial charge in [-0.2, -0.15) is 0 Å². The molecule has 2 N–H and O–H groups in total. The first-order valence-electron chi connectivity index (χ1n) is 8.90. The molecule has 0 unspecified atom stereocenters. The second-order valence-electron chi connectivity index (χ2n) is 6.03. The highest BCUT2D eigenvalue weighted by atomic mass is 32.2. The van der Waals surface area contributed by atoms with Crippen LogP contribution in [0.1, 0.15) is 15.9 Å². The number of nitrogens with zero attached hydrogens (tertiary/aromatic N) is 2. The van der Waals surface area contributed by atoms with E-state index in [9.17, 15) is 9.90 Å². The van der Waals surface area contributed by atoms with Gasteiger partial charge in [-0.3, -0.25) is 0 Å². The molecule has 0 atom stereocenters. The lowest BCUT2D eigenvalue weighted by atomic mass is 10.2. The Bertz CT molecular complexity index is 1010. The van der Waals surface area contributed by atoms with Crippen LogP contribution in [0.5, 0.6) is 11.5 Å². The van der Waals surface area contributed by atoms with Crippen molar-refractivity contribution in [3.05, 3.63) is 59.7 Å². The van der Waals surface area contributed by atoms with Crippen molar-refractivity contribution in [1.29, 1.82) is 0 Å². The Hall–Kier alpha value is -2.91. The zero-order valence-electron chi connectivity index (χ0n) is 16.7. The van der Waals surface area contributed by atoms with Crippen LogP contribution in [0.2, 0.25) is 0 Å². The molecule has 0 fully saturated rings. The van der Waals surface area contributed by atoms with E-state index < -0.39 is 5.97 Å². The zero-order chi connectivity index (χ0) is 21.5. The van der Waals surface area contributed by atoms with Gasteiger partial charge in [0.1, 0.15) is 22.1 Å². The number of rotatable bonds is 9. The Morgan fingerprint density at radius 3 is 2.13 bits per heavy atom. The summed E-state index contributed by atoms with van der Waals surface area (Å²) in [6.45, 7) is 0. The van der Waals surface area contributed by atoms with Gasteiger partial charge < -0.3 is 19.9 Å². The van der Waals surface area contributed by atoms with Crippen molar-refractivity contribution in [2.24, 2.45) is 0 Å². The number of hydrogen-bond donors (Lipinski definition) is 2. The third kappa shape index (κ3) is 5.37. The fraction of sp³-hybridized carbons (Fsp3) is 0.190. The summed E-state index contributed by atoms with van der Waals surface area (Å²) >= 11 is 2.71. The maximum Gasteiger partial charge on any atom is 0.342 e. The number of aromatic nitrogens is 2. The minimum absolute atomic E-state index is 0.0436. The largest absolute Gasteiger partial charge is 0.497 e. The number of thioether (sulfide) groups is 2. The van der Waals surface area contributed by atoms with Gasteiger partial charge in [-0.1, -0.05) is 23.9 Å². The van der Waals surface area contributed by atoms with Gasteiger partial charge in [-0.15, -0.1) is 11.8 Å². The van der Waals surface area contributed by atoms with Crippen molar-refractivity contribution < 1.29 is 19.4 Å². The lowest BCUT2D eigenvalue weighted by molar-refractivity contribution is 0.0692. The van der Waals surface area contributed by atoms with Crippen LogP contribution in [0, 0.1) is 0 Å². The second-order valence-corrected chi connectivity index (χ2v) is 7.77. The number of carbonyl (C=O) groups is 1. The molecule has 9 heteroatoms. The summed E-state index contributed by atoms with van der Waals surface area (Å²) in [7, 11) is 3.21. The van der Waals surface area contributed by atoms with Gasteiger partial charge in [-0.05, 0) is 48.2 Å². The van der Waals surface area contributed by atoms with Crippen molar-refractivity contribution in [3.63, 3.8) is 0 Å². The van der Waals surface area contributed by atoms with E-state index in [-0.39, 0.29) is 11.4 Å². The van der Waals surface area contributed by atoms with E-state index >= 15 is 0 Å². The summed E-state index contributed by atoms with van der Waals surface area (Å²) in [5.41, 5.74) is 1.78. The standard InChI is InChI=1S/C21H21N3O4S2/c1-27-15-8-4-13(5-9-15)12-30-19-17(20(25)26)18(23-21(24-19)29-3)22-14-6-10-16(28-2)11-7-14/h4-11H,12H2,1-3H3,(H,25,26)(H,22,23,24). The Balaban J connectivity index is 1.90. The zero-order valence-corrected chi connectivity index (χ0v) is 18.3. The monoisotopic (exact) mass is 443 g/mol. The Morgan fingerprint density at radius 2 is 1.60 bits per heavy atom. The van der Waals surface area contributed by atoms with E-state index in [1.165, 1.54) is 23.5 Å². The molecule has 0 saturated heterocycles. The summed E-state index contributed by atoms with van der Waals surface area (Å²) in [5.74, 6) is 1.21. The first-order valence-corrected chi connectivity index (χ1v) is 11.1. The summed E-state index contributed by atoms with van der Waals surface area (Å²) in [6.07, 6.45) is 1.85. The number of anilines is 2. The Morgan fingerprint density at radius 1 is 1.00 bits per heavy atom. The average Bonchev–Trinajstić information content (AvgIpc) is 2.78. The molecule has 3 rings (SSSR count). The predicted octanol–water partition coefficient (Wildman–Crippen LogP) is 4.95. The number of ether oxygens (including phenoxy) is 2. The molecule has 7 nitrogen and oxygen atoms in total. The van der Waals surface area contributed by atoms with E-state index in [1.54, 1.807) is 38.5 Å². The number of carboxylic acid groups (broad SMARTS) is 1. The SMILES string of the molecule is COc1ccc(CSc2nc(SC)nc(Nc3ccc(OC)cc3)c2C(=O)O)cc1. The lowest BCUT2D eigenvalue weighted by Crippen LogP contribution is -2.10. The molecular weight excluding hydrogens is 422 g/mol. The molecule has 2 aromatic carbocycles.